The fraction of sp³-hybridized carbons (Fsp3) is 0.312. The molecule has 0 bridgehead atoms. The van der Waals surface area contributed by atoms with Gasteiger partial charge in [-0.05, 0) is 92.1 Å². The summed E-state index contributed by atoms with van der Waals surface area (Å²) in [5.74, 6) is 14.2. The Morgan fingerprint density at radius 1 is 0.719 bits per heavy atom. The minimum absolute atomic E-state index is 0.608. The molecule has 4 rings (SSSR count). The van der Waals surface area contributed by atoms with Crippen LogP contribution in [0.5, 0.6) is 0 Å². The Morgan fingerprint density at radius 2 is 1.31 bits per heavy atom. The molecule has 0 radical (unpaired) electrons. The summed E-state index contributed by atoms with van der Waals surface area (Å²) in [5, 5.41) is 0. The van der Waals surface area contributed by atoms with Crippen molar-refractivity contribution in [2.45, 2.75) is 64.7 Å². The van der Waals surface area contributed by atoms with Gasteiger partial charge >= 0.3 is 0 Å². The molecule has 0 unspecified atom stereocenters. The van der Waals surface area contributed by atoms with Crippen LogP contribution in [0.1, 0.15) is 90.3 Å². The Hall–Kier alpha value is -3.22. The minimum Gasteiger partial charge on any atom is -0.0654 e. The molecule has 0 spiro atoms. The van der Waals surface area contributed by atoms with E-state index in [-0.39, 0.29) is 0 Å². The van der Waals surface area contributed by atoms with Gasteiger partial charge in [0, 0.05) is 22.3 Å². The average molecular weight is 417 g/mol. The summed E-state index contributed by atoms with van der Waals surface area (Å²) >= 11 is 0. The summed E-state index contributed by atoms with van der Waals surface area (Å²) in [6.45, 7) is 4.34. The molecular formula is C32H32. The van der Waals surface area contributed by atoms with Crippen LogP contribution >= 0.6 is 0 Å². The molecule has 0 heterocycles. The van der Waals surface area contributed by atoms with Crippen molar-refractivity contribution in [1.29, 1.82) is 0 Å². The van der Waals surface area contributed by atoms with E-state index in [9.17, 15) is 0 Å². The number of hydrogen-bond acceptors (Lipinski definition) is 0. The summed E-state index contributed by atoms with van der Waals surface area (Å²) in [4.78, 5) is 0. The molecule has 0 saturated heterocycles. The lowest BCUT2D eigenvalue weighted by atomic mass is 9.91. The molecule has 1 saturated carbocycles. The molecule has 0 atom stereocenters. The summed E-state index contributed by atoms with van der Waals surface area (Å²) in [5.41, 5.74) is 8.43. The van der Waals surface area contributed by atoms with E-state index in [2.05, 4.69) is 104 Å². The van der Waals surface area contributed by atoms with Crippen molar-refractivity contribution < 1.29 is 0 Å². The minimum atomic E-state index is 0.608. The number of rotatable bonds is 4. The van der Waals surface area contributed by atoms with E-state index in [0.29, 0.717) is 5.92 Å². The first-order valence-electron chi connectivity index (χ1n) is 12.0. The van der Waals surface area contributed by atoms with Crippen LogP contribution in [0.25, 0.3) is 0 Å². The Bertz CT molecular complexity index is 1150. The lowest BCUT2D eigenvalue weighted by Crippen LogP contribution is -1.97. The van der Waals surface area contributed by atoms with Gasteiger partial charge in [-0.1, -0.05) is 79.7 Å². The van der Waals surface area contributed by atoms with Crippen molar-refractivity contribution in [3.63, 3.8) is 0 Å². The Kier molecular flexibility index (Phi) is 7.48. The van der Waals surface area contributed by atoms with Crippen LogP contribution in [0.15, 0.2) is 66.7 Å². The van der Waals surface area contributed by atoms with Crippen molar-refractivity contribution in [3.8, 4) is 23.7 Å². The Labute approximate surface area is 194 Å². The molecule has 1 aliphatic rings. The van der Waals surface area contributed by atoms with Crippen molar-refractivity contribution in [1.82, 2.24) is 0 Å². The number of unbranched alkanes of at least 4 members (excludes halogenated alkanes) is 1. The molecule has 0 heteroatoms. The average Bonchev–Trinajstić information content (AvgIpc) is 3.37. The second kappa shape index (κ2) is 10.9. The van der Waals surface area contributed by atoms with E-state index < -0.39 is 0 Å². The molecule has 3 aromatic rings. The molecule has 0 N–H and O–H groups in total. The lowest BCUT2D eigenvalue weighted by molar-refractivity contribution is 0.721. The van der Waals surface area contributed by atoms with Crippen molar-refractivity contribution in [2.75, 3.05) is 0 Å². The zero-order chi connectivity index (χ0) is 22.2. The van der Waals surface area contributed by atoms with Crippen LogP contribution < -0.4 is 0 Å². The third-order valence-corrected chi connectivity index (χ3v) is 6.36. The molecule has 0 amide bonds. The summed E-state index contributed by atoms with van der Waals surface area (Å²) in [7, 11) is 0. The third-order valence-electron chi connectivity index (χ3n) is 6.36. The molecular weight excluding hydrogens is 384 g/mol. The largest absolute Gasteiger partial charge is 0.0654 e. The van der Waals surface area contributed by atoms with Gasteiger partial charge in [-0.3, -0.25) is 0 Å². The second-order valence-electron chi connectivity index (χ2n) is 8.95. The number of aryl methyl sites for hydroxylation is 2. The predicted octanol–water partition coefficient (Wildman–Crippen LogP) is 7.79. The molecule has 3 aromatic carbocycles. The van der Waals surface area contributed by atoms with Crippen LogP contribution in [-0.4, -0.2) is 0 Å². The van der Waals surface area contributed by atoms with Gasteiger partial charge in [0.25, 0.3) is 0 Å². The monoisotopic (exact) mass is 416 g/mol. The quantitative estimate of drug-likeness (QED) is 0.381. The van der Waals surface area contributed by atoms with E-state index >= 15 is 0 Å². The zero-order valence-corrected chi connectivity index (χ0v) is 19.4. The topological polar surface area (TPSA) is 0 Å². The first-order valence-corrected chi connectivity index (χ1v) is 12.0. The lowest BCUT2D eigenvalue weighted by Gasteiger charge is -2.12. The Balaban J connectivity index is 1.58. The van der Waals surface area contributed by atoms with Crippen LogP contribution in [0.3, 0.4) is 0 Å². The maximum atomic E-state index is 3.45. The summed E-state index contributed by atoms with van der Waals surface area (Å²) in [6.07, 6.45) is 8.78. The van der Waals surface area contributed by atoms with Gasteiger partial charge in [-0.25, -0.2) is 0 Å². The van der Waals surface area contributed by atoms with Gasteiger partial charge in [0.15, 0.2) is 0 Å². The fourth-order valence-electron chi connectivity index (χ4n) is 4.39. The van der Waals surface area contributed by atoms with Crippen molar-refractivity contribution in [2.24, 2.45) is 0 Å². The van der Waals surface area contributed by atoms with E-state index in [1.54, 1.807) is 0 Å². The SMILES string of the molecule is CCCCc1ccc(C#Cc2ccc(C#Cc3ccc(C)cc3)c(C3CCCC3)c2)cc1. The van der Waals surface area contributed by atoms with Gasteiger partial charge in [-0.2, -0.15) is 0 Å². The second-order valence-corrected chi connectivity index (χ2v) is 8.95. The van der Waals surface area contributed by atoms with Crippen LogP contribution in [0, 0.1) is 30.6 Å². The van der Waals surface area contributed by atoms with E-state index in [4.69, 9.17) is 0 Å². The van der Waals surface area contributed by atoms with Crippen LogP contribution in [-0.2, 0) is 6.42 Å². The predicted molar refractivity (Wildman–Crippen MR) is 136 cm³/mol. The standard InChI is InChI=1S/C32H32/c1-3-4-7-26-14-16-28(17-15-26)18-19-29-21-23-31(32(24-29)30-8-5-6-9-30)22-20-27-12-10-25(2)11-13-27/h10-17,21,23-24,30H,3-9H2,1-2H3. The Morgan fingerprint density at radius 3 is 2.00 bits per heavy atom. The molecule has 0 aliphatic heterocycles. The third kappa shape index (κ3) is 5.93. The van der Waals surface area contributed by atoms with Gasteiger partial charge in [0.1, 0.15) is 0 Å². The number of benzene rings is 3. The number of hydrogen-bond donors (Lipinski definition) is 0. The smallest absolute Gasteiger partial charge is 0.0284 e. The summed E-state index contributed by atoms with van der Waals surface area (Å²) in [6, 6.07) is 23.8. The zero-order valence-electron chi connectivity index (χ0n) is 19.4. The van der Waals surface area contributed by atoms with Gasteiger partial charge < -0.3 is 0 Å². The van der Waals surface area contributed by atoms with Crippen molar-refractivity contribution >= 4 is 0 Å². The van der Waals surface area contributed by atoms with Crippen molar-refractivity contribution in [3.05, 3.63) is 106 Å². The highest BCUT2D eigenvalue weighted by molar-refractivity contribution is 5.53. The maximum Gasteiger partial charge on any atom is 0.0284 e. The van der Waals surface area contributed by atoms with Gasteiger partial charge in [0.2, 0.25) is 0 Å². The molecule has 1 fully saturated rings. The van der Waals surface area contributed by atoms with Crippen LogP contribution in [0.4, 0.5) is 0 Å². The molecule has 1 aliphatic carbocycles. The first kappa shape index (κ1) is 22.0. The highest BCUT2D eigenvalue weighted by Crippen LogP contribution is 2.36. The fourth-order valence-corrected chi connectivity index (χ4v) is 4.39. The van der Waals surface area contributed by atoms with Gasteiger partial charge in [0.05, 0.1) is 0 Å². The van der Waals surface area contributed by atoms with Crippen LogP contribution in [0.2, 0.25) is 0 Å². The first-order chi connectivity index (χ1) is 15.7. The molecule has 160 valence electrons. The van der Waals surface area contributed by atoms with Gasteiger partial charge in [-0.15, -0.1) is 0 Å². The molecule has 32 heavy (non-hydrogen) atoms. The maximum absolute atomic E-state index is 3.45. The highest BCUT2D eigenvalue weighted by Gasteiger charge is 2.19. The summed E-state index contributed by atoms with van der Waals surface area (Å²) < 4.78 is 0. The van der Waals surface area contributed by atoms with E-state index in [1.807, 2.05) is 0 Å². The molecule has 0 nitrogen and oxygen atoms in total. The molecule has 0 aromatic heterocycles. The normalized spacial score (nSPS) is 13.2. The highest BCUT2D eigenvalue weighted by atomic mass is 14.2. The van der Waals surface area contributed by atoms with E-state index in [0.717, 1.165) is 28.7 Å². The van der Waals surface area contributed by atoms with E-state index in [1.165, 1.54) is 55.2 Å².